The van der Waals surface area contributed by atoms with E-state index in [0.29, 0.717) is 18.2 Å². The number of hydrogen-bond acceptors (Lipinski definition) is 2. The molecule has 0 unspecified atom stereocenters. The van der Waals surface area contributed by atoms with E-state index in [-0.39, 0.29) is 0 Å². The summed E-state index contributed by atoms with van der Waals surface area (Å²) in [7, 11) is 0. The molecule has 0 bridgehead atoms. The number of nitrogens with two attached hydrogens (primary N) is 1. The molecule has 0 atom stereocenters. The van der Waals surface area contributed by atoms with E-state index >= 15 is 0 Å². The SMILES string of the molecule is NCC#Cc1cccc(OCc2cccc(Cl)c2)c1. The quantitative estimate of drug-likeness (QED) is 0.870. The highest BCUT2D eigenvalue weighted by Crippen LogP contribution is 2.16. The molecular weight excluding hydrogens is 258 g/mol. The maximum absolute atomic E-state index is 5.92. The van der Waals surface area contributed by atoms with Crippen molar-refractivity contribution in [3.8, 4) is 17.6 Å². The smallest absolute Gasteiger partial charge is 0.121 e. The predicted octanol–water partition coefficient (Wildman–Crippen LogP) is 3.23. The summed E-state index contributed by atoms with van der Waals surface area (Å²) in [6.07, 6.45) is 0. The summed E-state index contributed by atoms with van der Waals surface area (Å²) in [6.45, 7) is 0.835. The first kappa shape index (κ1) is 13.5. The summed E-state index contributed by atoms with van der Waals surface area (Å²) in [5, 5.41) is 0.712. The van der Waals surface area contributed by atoms with E-state index in [2.05, 4.69) is 11.8 Å². The van der Waals surface area contributed by atoms with Crippen LogP contribution < -0.4 is 10.5 Å². The molecule has 0 saturated carbocycles. The maximum Gasteiger partial charge on any atom is 0.121 e. The molecule has 2 aromatic rings. The van der Waals surface area contributed by atoms with Gasteiger partial charge in [0.25, 0.3) is 0 Å². The third kappa shape index (κ3) is 4.33. The zero-order chi connectivity index (χ0) is 13.5. The van der Waals surface area contributed by atoms with Crippen molar-refractivity contribution in [3.63, 3.8) is 0 Å². The van der Waals surface area contributed by atoms with Gasteiger partial charge in [0, 0.05) is 10.6 Å². The fourth-order valence-corrected chi connectivity index (χ4v) is 1.82. The van der Waals surface area contributed by atoms with E-state index in [1.54, 1.807) is 0 Å². The molecule has 2 N–H and O–H groups in total. The van der Waals surface area contributed by atoms with Crippen LogP contribution in [0.3, 0.4) is 0 Å². The fraction of sp³-hybridized carbons (Fsp3) is 0.125. The topological polar surface area (TPSA) is 35.2 Å². The second kappa shape index (κ2) is 6.84. The van der Waals surface area contributed by atoms with E-state index < -0.39 is 0 Å². The van der Waals surface area contributed by atoms with Crippen molar-refractivity contribution in [2.75, 3.05) is 6.54 Å². The average Bonchev–Trinajstić information content (AvgIpc) is 2.43. The first-order valence-electron chi connectivity index (χ1n) is 5.94. The molecule has 2 aromatic carbocycles. The lowest BCUT2D eigenvalue weighted by atomic mass is 10.2. The Hall–Kier alpha value is -1.95. The van der Waals surface area contributed by atoms with Gasteiger partial charge in [-0.3, -0.25) is 0 Å². The third-order valence-electron chi connectivity index (χ3n) is 2.46. The van der Waals surface area contributed by atoms with Crippen LogP contribution in [0.2, 0.25) is 5.02 Å². The van der Waals surface area contributed by atoms with Gasteiger partial charge in [0.05, 0.1) is 6.54 Å². The summed E-state index contributed by atoms with van der Waals surface area (Å²) in [6, 6.07) is 15.2. The minimum atomic E-state index is 0.355. The highest BCUT2D eigenvalue weighted by molar-refractivity contribution is 6.30. The summed E-state index contributed by atoms with van der Waals surface area (Å²) in [5.41, 5.74) is 7.28. The van der Waals surface area contributed by atoms with E-state index in [1.165, 1.54) is 0 Å². The van der Waals surface area contributed by atoms with Gasteiger partial charge in [0.15, 0.2) is 0 Å². The van der Waals surface area contributed by atoms with E-state index in [0.717, 1.165) is 16.9 Å². The second-order valence-electron chi connectivity index (χ2n) is 3.95. The Morgan fingerprint density at radius 3 is 2.74 bits per heavy atom. The summed E-state index contributed by atoms with van der Waals surface area (Å²) >= 11 is 5.92. The first-order valence-corrected chi connectivity index (χ1v) is 6.32. The van der Waals surface area contributed by atoms with Crippen molar-refractivity contribution in [2.24, 2.45) is 5.73 Å². The molecule has 0 amide bonds. The van der Waals surface area contributed by atoms with Crippen LogP contribution in [0.25, 0.3) is 0 Å². The summed E-state index contributed by atoms with van der Waals surface area (Å²) < 4.78 is 5.71. The molecular formula is C16H14ClNO. The van der Waals surface area contributed by atoms with E-state index in [4.69, 9.17) is 22.1 Å². The molecule has 0 aliphatic heterocycles. The highest BCUT2D eigenvalue weighted by Gasteiger charge is 1.98. The van der Waals surface area contributed by atoms with Gasteiger partial charge in [-0.1, -0.05) is 41.6 Å². The number of hydrogen-bond donors (Lipinski definition) is 1. The number of ether oxygens (including phenoxy) is 1. The van der Waals surface area contributed by atoms with Gasteiger partial charge in [-0.15, -0.1) is 0 Å². The Kier molecular flexibility index (Phi) is 4.85. The number of benzene rings is 2. The lowest BCUT2D eigenvalue weighted by Gasteiger charge is -2.06. The number of halogens is 1. The molecule has 0 spiro atoms. The number of rotatable bonds is 3. The lowest BCUT2D eigenvalue weighted by Crippen LogP contribution is -1.96. The van der Waals surface area contributed by atoms with Crippen molar-refractivity contribution in [3.05, 3.63) is 64.7 Å². The molecule has 19 heavy (non-hydrogen) atoms. The molecule has 2 rings (SSSR count). The molecule has 0 radical (unpaired) electrons. The van der Waals surface area contributed by atoms with Crippen LogP contribution in [0.15, 0.2) is 48.5 Å². The van der Waals surface area contributed by atoms with Crippen molar-refractivity contribution in [1.29, 1.82) is 0 Å². The Labute approximate surface area is 118 Å². The largest absolute Gasteiger partial charge is 0.489 e. The van der Waals surface area contributed by atoms with E-state index in [9.17, 15) is 0 Å². The molecule has 0 aliphatic rings. The van der Waals surface area contributed by atoms with E-state index in [1.807, 2.05) is 48.5 Å². The molecule has 0 aliphatic carbocycles. The van der Waals surface area contributed by atoms with Gasteiger partial charge < -0.3 is 10.5 Å². The van der Waals surface area contributed by atoms with Crippen molar-refractivity contribution in [2.45, 2.75) is 6.61 Å². The molecule has 0 aromatic heterocycles. The van der Waals surface area contributed by atoms with Gasteiger partial charge in [-0.25, -0.2) is 0 Å². The Morgan fingerprint density at radius 1 is 1.11 bits per heavy atom. The molecule has 0 saturated heterocycles. The first-order chi connectivity index (χ1) is 9.28. The second-order valence-corrected chi connectivity index (χ2v) is 4.39. The third-order valence-corrected chi connectivity index (χ3v) is 2.70. The molecule has 96 valence electrons. The van der Waals surface area contributed by atoms with Crippen LogP contribution in [0.1, 0.15) is 11.1 Å². The Morgan fingerprint density at radius 2 is 1.95 bits per heavy atom. The maximum atomic E-state index is 5.92. The molecule has 0 fully saturated rings. The summed E-state index contributed by atoms with van der Waals surface area (Å²) in [5.74, 6) is 6.57. The normalized spacial score (nSPS) is 9.58. The van der Waals surface area contributed by atoms with Crippen molar-refractivity contribution >= 4 is 11.6 Å². The van der Waals surface area contributed by atoms with Gasteiger partial charge in [0.2, 0.25) is 0 Å². The summed E-state index contributed by atoms with van der Waals surface area (Å²) in [4.78, 5) is 0. The van der Waals surface area contributed by atoms with Crippen LogP contribution in [0.4, 0.5) is 0 Å². The van der Waals surface area contributed by atoms with Gasteiger partial charge >= 0.3 is 0 Å². The fourth-order valence-electron chi connectivity index (χ4n) is 1.61. The predicted molar refractivity (Wildman–Crippen MR) is 78.2 cm³/mol. The van der Waals surface area contributed by atoms with Crippen LogP contribution in [-0.2, 0) is 6.61 Å². The van der Waals surface area contributed by atoms with Crippen molar-refractivity contribution < 1.29 is 4.74 Å². The van der Waals surface area contributed by atoms with Gasteiger partial charge in [-0.2, -0.15) is 0 Å². The zero-order valence-electron chi connectivity index (χ0n) is 10.4. The standard InChI is InChI=1S/C16H14ClNO/c17-15-7-1-5-14(10-15)12-19-16-8-2-4-13(11-16)6-3-9-18/h1-2,4-5,7-8,10-11H,9,12,18H2. The Balaban J connectivity index is 2.03. The average molecular weight is 272 g/mol. The zero-order valence-corrected chi connectivity index (χ0v) is 11.2. The highest BCUT2D eigenvalue weighted by atomic mass is 35.5. The van der Waals surface area contributed by atoms with Gasteiger partial charge in [0.1, 0.15) is 12.4 Å². The van der Waals surface area contributed by atoms with Crippen molar-refractivity contribution in [1.82, 2.24) is 0 Å². The minimum Gasteiger partial charge on any atom is -0.489 e. The van der Waals surface area contributed by atoms with Gasteiger partial charge in [-0.05, 0) is 35.9 Å². The molecule has 2 nitrogen and oxygen atoms in total. The molecule has 0 heterocycles. The minimum absolute atomic E-state index is 0.355. The van der Waals surface area contributed by atoms with Crippen LogP contribution in [-0.4, -0.2) is 6.54 Å². The van der Waals surface area contributed by atoms with Crippen LogP contribution in [0, 0.1) is 11.8 Å². The van der Waals surface area contributed by atoms with Crippen LogP contribution >= 0.6 is 11.6 Å². The van der Waals surface area contributed by atoms with Crippen LogP contribution in [0.5, 0.6) is 5.75 Å². The molecule has 3 heteroatoms. The monoisotopic (exact) mass is 271 g/mol. The Bertz CT molecular complexity index is 613. The lowest BCUT2D eigenvalue weighted by molar-refractivity contribution is 0.306.